The number of carbonyl (C=O) groups is 1. The number of rotatable bonds is 7. The van der Waals surface area contributed by atoms with Gasteiger partial charge in [0.2, 0.25) is 15.9 Å². The molecule has 1 unspecified atom stereocenters. The number of hydrogen-bond acceptors (Lipinski definition) is 4. The van der Waals surface area contributed by atoms with Crippen LogP contribution in [0.15, 0.2) is 24.3 Å². The van der Waals surface area contributed by atoms with E-state index in [4.69, 9.17) is 4.74 Å². The first-order valence-corrected chi connectivity index (χ1v) is 11.1. The number of benzene rings is 1. The highest BCUT2D eigenvalue weighted by Gasteiger charge is 2.30. The summed E-state index contributed by atoms with van der Waals surface area (Å²) in [5.74, 6) is 0.313. The van der Waals surface area contributed by atoms with E-state index in [1.54, 1.807) is 24.3 Å². The van der Waals surface area contributed by atoms with Crippen LogP contribution < -0.4 is 9.04 Å². The van der Waals surface area contributed by atoms with Gasteiger partial charge in [-0.25, -0.2) is 8.42 Å². The van der Waals surface area contributed by atoms with E-state index in [-0.39, 0.29) is 24.6 Å². The molecule has 1 saturated heterocycles. The molecule has 0 aliphatic carbocycles. The molecule has 0 saturated carbocycles. The Morgan fingerprint density at radius 2 is 2.00 bits per heavy atom. The van der Waals surface area contributed by atoms with Gasteiger partial charge in [0.1, 0.15) is 12.3 Å². The number of hydrogen-bond donors (Lipinski definition) is 0. The van der Waals surface area contributed by atoms with E-state index < -0.39 is 10.0 Å². The second-order valence-electron chi connectivity index (χ2n) is 7.05. The maximum absolute atomic E-state index is 12.9. The van der Waals surface area contributed by atoms with Crippen molar-refractivity contribution >= 4 is 21.6 Å². The fourth-order valence-corrected chi connectivity index (χ4v) is 4.22. The van der Waals surface area contributed by atoms with Crippen molar-refractivity contribution in [2.45, 2.75) is 58.6 Å². The molecule has 1 aromatic carbocycles. The minimum atomic E-state index is -3.63. The van der Waals surface area contributed by atoms with Gasteiger partial charge in [-0.3, -0.25) is 9.10 Å². The van der Waals surface area contributed by atoms with Crippen LogP contribution in [0.1, 0.15) is 46.5 Å². The van der Waals surface area contributed by atoms with Crippen LogP contribution in [0.25, 0.3) is 0 Å². The summed E-state index contributed by atoms with van der Waals surface area (Å²) in [4.78, 5) is 14.8. The SMILES string of the molecule is CCC1CCCCN1C(=O)CN(c1ccccc1OC(C)C)S(C)(=O)=O. The molecule has 1 amide bonds. The zero-order valence-corrected chi connectivity index (χ0v) is 17.0. The average Bonchev–Trinajstić information content (AvgIpc) is 2.58. The quantitative estimate of drug-likeness (QED) is 0.727. The van der Waals surface area contributed by atoms with Crippen molar-refractivity contribution in [2.75, 3.05) is 23.7 Å². The normalized spacial score (nSPS) is 18.0. The van der Waals surface area contributed by atoms with Crippen molar-refractivity contribution in [1.82, 2.24) is 4.90 Å². The van der Waals surface area contributed by atoms with Crippen LogP contribution >= 0.6 is 0 Å². The summed E-state index contributed by atoms with van der Waals surface area (Å²) in [5.41, 5.74) is 0.405. The molecule has 2 rings (SSSR count). The van der Waals surface area contributed by atoms with Crippen LogP contribution in [0, 0.1) is 0 Å². The van der Waals surface area contributed by atoms with Gasteiger partial charge in [0.25, 0.3) is 0 Å². The summed E-state index contributed by atoms with van der Waals surface area (Å²) >= 11 is 0. The predicted octanol–water partition coefficient (Wildman–Crippen LogP) is 3.03. The van der Waals surface area contributed by atoms with Crippen molar-refractivity contribution < 1.29 is 17.9 Å². The Hall–Kier alpha value is -1.76. The second-order valence-corrected chi connectivity index (χ2v) is 8.96. The third kappa shape index (κ3) is 5.13. The Bertz CT molecular complexity index is 718. The maximum Gasteiger partial charge on any atom is 0.243 e. The molecular formula is C19H30N2O4S. The first kappa shape index (κ1) is 20.6. The van der Waals surface area contributed by atoms with Crippen molar-refractivity contribution in [3.63, 3.8) is 0 Å². The lowest BCUT2D eigenvalue weighted by Crippen LogP contribution is -2.49. The monoisotopic (exact) mass is 382 g/mol. The highest BCUT2D eigenvalue weighted by atomic mass is 32.2. The molecule has 1 aliphatic heterocycles. The van der Waals surface area contributed by atoms with Gasteiger partial charge in [-0.1, -0.05) is 19.1 Å². The van der Waals surface area contributed by atoms with E-state index in [1.165, 1.54) is 0 Å². The van der Waals surface area contributed by atoms with Gasteiger partial charge in [-0.15, -0.1) is 0 Å². The average molecular weight is 383 g/mol. The van der Waals surface area contributed by atoms with Gasteiger partial charge in [0.15, 0.2) is 0 Å². The lowest BCUT2D eigenvalue weighted by Gasteiger charge is -2.36. The topological polar surface area (TPSA) is 66.9 Å². The molecule has 1 heterocycles. The molecule has 0 spiro atoms. The fraction of sp³-hybridized carbons (Fsp3) is 0.632. The molecule has 1 atom stereocenters. The zero-order chi connectivity index (χ0) is 19.3. The van der Waals surface area contributed by atoms with Crippen molar-refractivity contribution in [2.24, 2.45) is 0 Å². The summed E-state index contributed by atoms with van der Waals surface area (Å²) in [6.45, 7) is 6.32. The van der Waals surface area contributed by atoms with Crippen LogP contribution in [-0.2, 0) is 14.8 Å². The molecule has 26 heavy (non-hydrogen) atoms. The number of carbonyl (C=O) groups excluding carboxylic acids is 1. The van der Waals surface area contributed by atoms with Gasteiger partial charge >= 0.3 is 0 Å². The Balaban J connectivity index is 2.31. The zero-order valence-electron chi connectivity index (χ0n) is 16.1. The molecule has 146 valence electrons. The Kier molecular flexibility index (Phi) is 6.92. The molecule has 1 aromatic rings. The van der Waals surface area contributed by atoms with Gasteiger partial charge in [-0.05, 0) is 51.7 Å². The van der Waals surface area contributed by atoms with Crippen LogP contribution in [0.2, 0.25) is 0 Å². The molecule has 1 aliphatic rings. The highest BCUT2D eigenvalue weighted by Crippen LogP contribution is 2.31. The first-order chi connectivity index (χ1) is 12.2. The van der Waals surface area contributed by atoms with Crippen molar-refractivity contribution in [3.05, 3.63) is 24.3 Å². The molecule has 1 fully saturated rings. The van der Waals surface area contributed by atoms with Crippen LogP contribution in [0.3, 0.4) is 0 Å². The molecule has 7 heteroatoms. The van der Waals surface area contributed by atoms with E-state index >= 15 is 0 Å². The molecule has 0 N–H and O–H groups in total. The van der Waals surface area contributed by atoms with E-state index in [0.29, 0.717) is 18.0 Å². The third-order valence-corrected chi connectivity index (χ3v) is 5.72. The number of para-hydroxylation sites is 2. The molecule has 6 nitrogen and oxygen atoms in total. The number of likely N-dealkylation sites (tertiary alicyclic amines) is 1. The second kappa shape index (κ2) is 8.75. The van der Waals surface area contributed by atoms with Crippen LogP contribution in [-0.4, -0.2) is 50.7 Å². The largest absolute Gasteiger partial charge is 0.489 e. The number of nitrogens with zero attached hydrogens (tertiary/aromatic N) is 2. The molecule has 0 bridgehead atoms. The number of ether oxygens (including phenoxy) is 1. The lowest BCUT2D eigenvalue weighted by molar-refractivity contribution is -0.133. The fourth-order valence-electron chi connectivity index (χ4n) is 3.36. The third-order valence-electron chi connectivity index (χ3n) is 4.59. The van der Waals surface area contributed by atoms with Crippen molar-refractivity contribution in [1.29, 1.82) is 0 Å². The van der Waals surface area contributed by atoms with Crippen LogP contribution in [0.4, 0.5) is 5.69 Å². The summed E-state index contributed by atoms with van der Waals surface area (Å²) in [6.07, 6.45) is 4.98. The summed E-state index contributed by atoms with van der Waals surface area (Å²) in [6, 6.07) is 7.15. The highest BCUT2D eigenvalue weighted by molar-refractivity contribution is 7.92. The Morgan fingerprint density at radius 1 is 1.31 bits per heavy atom. The van der Waals surface area contributed by atoms with E-state index in [0.717, 1.165) is 36.2 Å². The first-order valence-electron chi connectivity index (χ1n) is 9.27. The minimum absolute atomic E-state index is 0.0974. The summed E-state index contributed by atoms with van der Waals surface area (Å²) in [7, 11) is -3.63. The van der Waals surface area contributed by atoms with E-state index in [2.05, 4.69) is 6.92 Å². The number of piperidine rings is 1. The van der Waals surface area contributed by atoms with Gasteiger partial charge < -0.3 is 9.64 Å². The smallest absolute Gasteiger partial charge is 0.243 e. The Morgan fingerprint density at radius 3 is 2.62 bits per heavy atom. The van der Waals surface area contributed by atoms with Crippen LogP contribution in [0.5, 0.6) is 5.75 Å². The maximum atomic E-state index is 12.9. The van der Waals surface area contributed by atoms with Gasteiger partial charge in [-0.2, -0.15) is 0 Å². The predicted molar refractivity (Wildman–Crippen MR) is 104 cm³/mol. The van der Waals surface area contributed by atoms with Gasteiger partial charge in [0, 0.05) is 12.6 Å². The number of sulfonamides is 1. The van der Waals surface area contributed by atoms with Crippen molar-refractivity contribution in [3.8, 4) is 5.75 Å². The lowest BCUT2D eigenvalue weighted by atomic mass is 10.00. The molecular weight excluding hydrogens is 352 g/mol. The van der Waals surface area contributed by atoms with Gasteiger partial charge in [0.05, 0.1) is 18.0 Å². The molecule has 0 aromatic heterocycles. The number of amides is 1. The minimum Gasteiger partial charge on any atom is -0.489 e. The number of anilines is 1. The van der Waals surface area contributed by atoms with E-state index in [9.17, 15) is 13.2 Å². The molecule has 0 radical (unpaired) electrons. The standard InChI is InChI=1S/C19H30N2O4S/c1-5-16-10-8-9-13-20(16)19(22)14-21(26(4,23)24)17-11-6-7-12-18(17)25-15(2)3/h6-7,11-12,15-16H,5,8-10,13-14H2,1-4H3. The summed E-state index contributed by atoms with van der Waals surface area (Å²) < 4.78 is 31.8. The summed E-state index contributed by atoms with van der Waals surface area (Å²) in [5, 5.41) is 0. The Labute approximate surface area is 157 Å². The van der Waals surface area contributed by atoms with E-state index in [1.807, 2.05) is 18.7 Å².